The van der Waals surface area contributed by atoms with Gasteiger partial charge in [0.05, 0.1) is 12.1 Å². The standard InChI is InChI=1S/C19H25NO6/c1-11(2)9-15(21)20-10-14-16(26-19(3,4)25-14)17(20)24-13-7-5-12(6-8-13)18(22)23/h5-8,11,14,16-17H,9-10H2,1-4H3,(H,22,23)/t14?,16?,17-/m1/s1. The van der Waals surface area contributed by atoms with E-state index in [-0.39, 0.29) is 29.6 Å². The maximum Gasteiger partial charge on any atom is 0.335 e. The Labute approximate surface area is 152 Å². The number of amides is 1. The Morgan fingerprint density at radius 3 is 2.50 bits per heavy atom. The normalized spacial score (nSPS) is 26.8. The number of likely N-dealkylation sites (tertiary alicyclic amines) is 1. The zero-order chi connectivity index (χ0) is 19.1. The van der Waals surface area contributed by atoms with Gasteiger partial charge in [-0.3, -0.25) is 4.79 Å². The third-order valence-electron chi connectivity index (χ3n) is 4.45. The van der Waals surface area contributed by atoms with Crippen molar-refractivity contribution >= 4 is 11.9 Å². The fourth-order valence-electron chi connectivity index (χ4n) is 3.38. The molecular formula is C19H25NO6. The van der Waals surface area contributed by atoms with Gasteiger partial charge in [0.15, 0.2) is 5.79 Å². The van der Waals surface area contributed by atoms with Crippen LogP contribution >= 0.6 is 0 Å². The summed E-state index contributed by atoms with van der Waals surface area (Å²) in [6.45, 7) is 8.07. The summed E-state index contributed by atoms with van der Waals surface area (Å²) < 4.78 is 17.9. The van der Waals surface area contributed by atoms with Crippen LogP contribution in [0.25, 0.3) is 0 Å². The molecule has 2 aliphatic heterocycles. The summed E-state index contributed by atoms with van der Waals surface area (Å²) in [4.78, 5) is 25.3. The van der Waals surface area contributed by atoms with E-state index in [4.69, 9.17) is 19.3 Å². The van der Waals surface area contributed by atoms with Gasteiger partial charge in [0, 0.05) is 6.42 Å². The van der Waals surface area contributed by atoms with Gasteiger partial charge in [-0.05, 0) is 44.0 Å². The number of carboxylic acids is 1. The molecule has 2 unspecified atom stereocenters. The number of aromatic carboxylic acids is 1. The Balaban J connectivity index is 1.80. The maximum atomic E-state index is 12.6. The third kappa shape index (κ3) is 3.83. The SMILES string of the molecule is CC(C)CC(=O)N1CC2OC(C)(C)OC2[C@H]1Oc1ccc(C(=O)O)cc1. The van der Waals surface area contributed by atoms with Crippen molar-refractivity contribution < 1.29 is 28.9 Å². The number of nitrogens with zero attached hydrogens (tertiary/aromatic N) is 1. The number of carbonyl (C=O) groups is 2. The second kappa shape index (κ2) is 6.89. The number of benzene rings is 1. The predicted molar refractivity (Wildman–Crippen MR) is 92.8 cm³/mol. The Kier molecular flexibility index (Phi) is 4.94. The van der Waals surface area contributed by atoms with Crippen molar-refractivity contribution in [2.24, 2.45) is 5.92 Å². The molecule has 0 spiro atoms. The molecule has 0 saturated carbocycles. The van der Waals surface area contributed by atoms with Crippen LogP contribution in [0.1, 0.15) is 44.5 Å². The molecule has 1 amide bonds. The molecule has 1 N–H and O–H groups in total. The summed E-state index contributed by atoms with van der Waals surface area (Å²) >= 11 is 0. The van der Waals surface area contributed by atoms with Gasteiger partial charge >= 0.3 is 5.97 Å². The van der Waals surface area contributed by atoms with Crippen LogP contribution in [0.3, 0.4) is 0 Å². The summed E-state index contributed by atoms with van der Waals surface area (Å²) in [5.41, 5.74) is 0.177. The van der Waals surface area contributed by atoms with Crippen molar-refractivity contribution in [1.82, 2.24) is 4.90 Å². The maximum absolute atomic E-state index is 12.6. The van der Waals surface area contributed by atoms with Crippen molar-refractivity contribution in [3.8, 4) is 5.75 Å². The Bertz CT molecular complexity index is 684. The zero-order valence-corrected chi connectivity index (χ0v) is 15.5. The molecule has 2 aliphatic rings. The molecule has 3 atom stereocenters. The molecule has 0 aromatic heterocycles. The van der Waals surface area contributed by atoms with E-state index in [1.165, 1.54) is 12.1 Å². The molecule has 0 aliphatic carbocycles. The number of fused-ring (bicyclic) bond motifs is 1. The quantitative estimate of drug-likeness (QED) is 0.865. The molecule has 2 fully saturated rings. The van der Waals surface area contributed by atoms with Crippen LogP contribution in [0.5, 0.6) is 5.75 Å². The average molecular weight is 363 g/mol. The van der Waals surface area contributed by atoms with E-state index in [1.54, 1.807) is 17.0 Å². The van der Waals surface area contributed by atoms with E-state index < -0.39 is 18.0 Å². The van der Waals surface area contributed by atoms with Gasteiger partial charge < -0.3 is 24.2 Å². The van der Waals surface area contributed by atoms with Crippen LogP contribution < -0.4 is 4.74 Å². The van der Waals surface area contributed by atoms with Gasteiger partial charge in [0.2, 0.25) is 12.1 Å². The van der Waals surface area contributed by atoms with Crippen molar-refractivity contribution in [2.75, 3.05) is 6.54 Å². The molecule has 3 rings (SSSR count). The van der Waals surface area contributed by atoms with Crippen LogP contribution in [0.2, 0.25) is 0 Å². The van der Waals surface area contributed by atoms with Crippen LogP contribution in [0, 0.1) is 5.92 Å². The summed E-state index contributed by atoms with van der Waals surface area (Å²) in [6.07, 6.45) is -0.825. The van der Waals surface area contributed by atoms with E-state index in [9.17, 15) is 9.59 Å². The highest BCUT2D eigenvalue weighted by atomic mass is 16.8. The average Bonchev–Trinajstić information content (AvgIpc) is 3.00. The van der Waals surface area contributed by atoms with E-state index in [0.717, 1.165) is 0 Å². The first-order valence-corrected chi connectivity index (χ1v) is 8.81. The van der Waals surface area contributed by atoms with Crippen molar-refractivity contribution in [3.05, 3.63) is 29.8 Å². The molecule has 0 radical (unpaired) electrons. The van der Waals surface area contributed by atoms with Gasteiger partial charge in [-0.25, -0.2) is 4.79 Å². The lowest BCUT2D eigenvalue weighted by atomic mass is 10.1. The second-order valence-electron chi connectivity index (χ2n) is 7.62. The van der Waals surface area contributed by atoms with E-state index in [2.05, 4.69) is 0 Å². The van der Waals surface area contributed by atoms with Crippen LogP contribution in [0.15, 0.2) is 24.3 Å². The number of rotatable bonds is 5. The number of hydrogen-bond acceptors (Lipinski definition) is 5. The number of hydrogen-bond donors (Lipinski definition) is 1. The number of carboxylic acid groups (broad SMARTS) is 1. The molecule has 26 heavy (non-hydrogen) atoms. The van der Waals surface area contributed by atoms with Gasteiger partial charge in [0.1, 0.15) is 18.0 Å². The Morgan fingerprint density at radius 2 is 1.92 bits per heavy atom. The fourth-order valence-corrected chi connectivity index (χ4v) is 3.38. The van der Waals surface area contributed by atoms with E-state index >= 15 is 0 Å². The van der Waals surface area contributed by atoms with Crippen LogP contribution in [-0.2, 0) is 14.3 Å². The minimum absolute atomic E-state index is 0.00781. The molecule has 2 heterocycles. The highest BCUT2D eigenvalue weighted by molar-refractivity contribution is 5.87. The highest BCUT2D eigenvalue weighted by Gasteiger charge is 2.55. The van der Waals surface area contributed by atoms with Crippen molar-refractivity contribution in [3.63, 3.8) is 0 Å². The van der Waals surface area contributed by atoms with Gasteiger partial charge in [-0.1, -0.05) is 13.8 Å². The van der Waals surface area contributed by atoms with Gasteiger partial charge in [0.25, 0.3) is 0 Å². The molecule has 7 heteroatoms. The monoisotopic (exact) mass is 363 g/mol. The minimum atomic E-state index is -1.000. The van der Waals surface area contributed by atoms with E-state index in [1.807, 2.05) is 27.7 Å². The molecular weight excluding hydrogens is 338 g/mol. The van der Waals surface area contributed by atoms with Crippen LogP contribution in [0.4, 0.5) is 0 Å². The smallest absolute Gasteiger partial charge is 0.335 e. The first kappa shape index (κ1) is 18.7. The molecule has 142 valence electrons. The lowest BCUT2D eigenvalue weighted by molar-refractivity contribution is -0.181. The second-order valence-corrected chi connectivity index (χ2v) is 7.62. The van der Waals surface area contributed by atoms with Gasteiger partial charge in [-0.15, -0.1) is 0 Å². The highest BCUT2D eigenvalue weighted by Crippen LogP contribution is 2.38. The largest absolute Gasteiger partial charge is 0.478 e. The molecule has 0 bridgehead atoms. The number of ether oxygens (including phenoxy) is 3. The molecule has 2 saturated heterocycles. The zero-order valence-electron chi connectivity index (χ0n) is 15.5. The summed E-state index contributed by atoms with van der Waals surface area (Å²) in [5, 5.41) is 9.01. The summed E-state index contributed by atoms with van der Waals surface area (Å²) in [6, 6.07) is 6.12. The lowest BCUT2D eigenvalue weighted by Crippen LogP contribution is -2.45. The number of carbonyl (C=O) groups excluding carboxylic acids is 1. The Morgan fingerprint density at radius 1 is 1.27 bits per heavy atom. The predicted octanol–water partition coefficient (Wildman–Crippen LogP) is 2.50. The minimum Gasteiger partial charge on any atom is -0.478 e. The Hall–Kier alpha value is -2.12. The molecule has 7 nitrogen and oxygen atoms in total. The topological polar surface area (TPSA) is 85.3 Å². The van der Waals surface area contributed by atoms with E-state index in [0.29, 0.717) is 18.7 Å². The summed E-state index contributed by atoms with van der Waals surface area (Å²) in [7, 11) is 0. The fraction of sp³-hybridized carbons (Fsp3) is 0.579. The lowest BCUT2D eigenvalue weighted by Gasteiger charge is -2.30. The third-order valence-corrected chi connectivity index (χ3v) is 4.45. The summed E-state index contributed by atoms with van der Waals surface area (Å²) in [5.74, 6) is -1.02. The van der Waals surface area contributed by atoms with Crippen molar-refractivity contribution in [2.45, 2.75) is 58.3 Å². The molecule has 1 aromatic rings. The first-order chi connectivity index (χ1) is 12.2. The van der Waals surface area contributed by atoms with Crippen LogP contribution in [-0.4, -0.2) is 52.7 Å². The first-order valence-electron chi connectivity index (χ1n) is 8.81. The van der Waals surface area contributed by atoms with Crippen molar-refractivity contribution in [1.29, 1.82) is 0 Å². The van der Waals surface area contributed by atoms with Gasteiger partial charge in [-0.2, -0.15) is 0 Å². The molecule has 1 aromatic carbocycles.